The summed E-state index contributed by atoms with van der Waals surface area (Å²) in [5.74, 6) is 1.68. The molecule has 2 amide bonds. The number of nitrogens with one attached hydrogen (secondary N) is 1. The molecule has 1 spiro atoms. The Labute approximate surface area is 309 Å². The van der Waals surface area contributed by atoms with Gasteiger partial charge in [-0.3, -0.25) is 19.5 Å². The quantitative estimate of drug-likeness (QED) is 0.237. The normalized spacial score (nSPS) is 26.3. The van der Waals surface area contributed by atoms with Crippen LogP contribution in [0, 0.1) is 23.1 Å². The summed E-state index contributed by atoms with van der Waals surface area (Å²) in [5.41, 5.74) is 4.19. The third kappa shape index (κ3) is 5.46. The number of likely N-dealkylation sites (tertiary alicyclic amines) is 2. The van der Waals surface area contributed by atoms with Crippen molar-refractivity contribution >= 4 is 40.0 Å². The summed E-state index contributed by atoms with van der Waals surface area (Å²) in [6, 6.07) is 10.6. The number of halogens is 1. The molecule has 4 aliphatic heterocycles. The largest absolute Gasteiger partial charge is 0.379 e. The van der Waals surface area contributed by atoms with Gasteiger partial charge in [-0.25, -0.2) is 14.4 Å². The van der Waals surface area contributed by atoms with Crippen LogP contribution in [0.1, 0.15) is 71.9 Å². The molecule has 7 heterocycles. The van der Waals surface area contributed by atoms with E-state index in [1.165, 1.54) is 6.20 Å². The number of nitrogens with zero attached hydrogens (tertiary/aromatic N) is 7. The summed E-state index contributed by atoms with van der Waals surface area (Å²) in [4.78, 5) is 48.8. The minimum absolute atomic E-state index is 0.108. The van der Waals surface area contributed by atoms with Crippen LogP contribution in [0.4, 0.5) is 21.6 Å². The second-order valence-electron chi connectivity index (χ2n) is 17.0. The first-order valence-electron chi connectivity index (χ1n) is 19.3. The van der Waals surface area contributed by atoms with Gasteiger partial charge in [-0.05, 0) is 82.1 Å². The molecule has 1 saturated carbocycles. The van der Waals surface area contributed by atoms with E-state index in [0.29, 0.717) is 68.5 Å². The second kappa shape index (κ2) is 12.6. The van der Waals surface area contributed by atoms with Crippen LogP contribution < -0.4 is 10.2 Å². The monoisotopic (exact) mass is 720 g/mol. The van der Waals surface area contributed by atoms with Crippen LogP contribution in [0.2, 0.25) is 0 Å². The van der Waals surface area contributed by atoms with Gasteiger partial charge in [-0.1, -0.05) is 26.0 Å². The minimum atomic E-state index is -0.678. The molecule has 1 aromatic carbocycles. The van der Waals surface area contributed by atoms with Crippen molar-refractivity contribution < 1.29 is 18.7 Å². The molecule has 0 unspecified atom stereocenters. The molecule has 0 bridgehead atoms. The second-order valence-corrected chi connectivity index (χ2v) is 17.0. The summed E-state index contributed by atoms with van der Waals surface area (Å²) >= 11 is 0. The molecule has 2 atom stereocenters. The van der Waals surface area contributed by atoms with E-state index in [1.807, 2.05) is 22.5 Å². The zero-order valence-electron chi connectivity index (χ0n) is 31.3. The molecule has 278 valence electrons. The Balaban J connectivity index is 1.08. The third-order valence-corrected chi connectivity index (χ3v) is 13.1. The number of imidazole rings is 1. The number of fused-ring (bicyclic) bond motifs is 3. The highest BCUT2D eigenvalue weighted by Crippen LogP contribution is 2.52. The molecular formula is C41H49FN8O3. The van der Waals surface area contributed by atoms with Gasteiger partial charge in [0.1, 0.15) is 5.52 Å². The third-order valence-electron chi connectivity index (χ3n) is 13.1. The summed E-state index contributed by atoms with van der Waals surface area (Å²) in [6.07, 6.45) is 7.63. The Morgan fingerprint density at radius 2 is 1.77 bits per heavy atom. The number of benzene rings is 1. The number of hydrogen-bond acceptors (Lipinski definition) is 8. The van der Waals surface area contributed by atoms with Crippen molar-refractivity contribution in [3.8, 4) is 11.3 Å². The van der Waals surface area contributed by atoms with E-state index >= 15 is 0 Å². The van der Waals surface area contributed by atoms with Gasteiger partial charge in [-0.2, -0.15) is 0 Å². The summed E-state index contributed by atoms with van der Waals surface area (Å²) in [6.45, 7) is 15.0. The topological polar surface area (TPSA) is 109 Å². The van der Waals surface area contributed by atoms with Crippen molar-refractivity contribution in [1.29, 1.82) is 0 Å². The van der Waals surface area contributed by atoms with Gasteiger partial charge < -0.3 is 24.4 Å². The molecule has 12 heteroatoms. The zero-order chi connectivity index (χ0) is 36.8. The van der Waals surface area contributed by atoms with Gasteiger partial charge in [0.2, 0.25) is 11.8 Å². The van der Waals surface area contributed by atoms with E-state index in [2.05, 4.69) is 66.0 Å². The lowest BCUT2D eigenvalue weighted by atomic mass is 9.72. The molecule has 1 aliphatic carbocycles. The van der Waals surface area contributed by atoms with E-state index in [4.69, 9.17) is 14.7 Å². The number of ether oxygens (including phenoxy) is 1. The van der Waals surface area contributed by atoms with Crippen molar-refractivity contribution in [2.75, 3.05) is 49.6 Å². The Kier molecular flexibility index (Phi) is 8.16. The summed E-state index contributed by atoms with van der Waals surface area (Å²) < 4.78 is 22.3. The fraction of sp³-hybridized carbons (Fsp3) is 0.537. The van der Waals surface area contributed by atoms with Crippen LogP contribution in [0.3, 0.4) is 0 Å². The van der Waals surface area contributed by atoms with Crippen molar-refractivity contribution in [2.24, 2.45) is 17.3 Å². The van der Waals surface area contributed by atoms with Crippen molar-refractivity contribution in [3.05, 3.63) is 60.4 Å². The summed E-state index contributed by atoms with van der Waals surface area (Å²) in [5, 5.41) is 3.23. The van der Waals surface area contributed by atoms with Crippen LogP contribution in [0.15, 0.2) is 49.1 Å². The highest BCUT2D eigenvalue weighted by Gasteiger charge is 2.57. The molecule has 4 aromatic rings. The van der Waals surface area contributed by atoms with Crippen molar-refractivity contribution in [2.45, 2.75) is 83.8 Å². The molecule has 3 saturated heterocycles. The molecule has 5 aliphatic rings. The number of piperidine rings is 1. The lowest BCUT2D eigenvalue weighted by Crippen LogP contribution is -2.59. The lowest BCUT2D eigenvalue weighted by Gasteiger charge is -2.47. The minimum Gasteiger partial charge on any atom is -0.379 e. The molecule has 11 nitrogen and oxygen atoms in total. The Hall–Kier alpha value is -4.42. The molecule has 53 heavy (non-hydrogen) atoms. The molecular weight excluding hydrogens is 672 g/mol. The van der Waals surface area contributed by atoms with Gasteiger partial charge >= 0.3 is 0 Å². The number of aromatic nitrogens is 4. The predicted molar refractivity (Wildman–Crippen MR) is 201 cm³/mol. The molecule has 3 aromatic heterocycles. The predicted octanol–water partition coefficient (Wildman–Crippen LogP) is 6.32. The average molecular weight is 721 g/mol. The number of pyridine rings is 2. The Bertz CT molecular complexity index is 2090. The fourth-order valence-electron chi connectivity index (χ4n) is 9.43. The van der Waals surface area contributed by atoms with E-state index in [1.54, 1.807) is 18.6 Å². The van der Waals surface area contributed by atoms with Gasteiger partial charge in [0.15, 0.2) is 11.6 Å². The number of rotatable bonds is 7. The van der Waals surface area contributed by atoms with Crippen LogP contribution in [-0.2, 0) is 19.7 Å². The van der Waals surface area contributed by atoms with Gasteiger partial charge in [0.05, 0.1) is 53.5 Å². The maximum atomic E-state index is 14.9. The van der Waals surface area contributed by atoms with E-state index in [0.717, 1.165) is 53.8 Å². The molecule has 1 N–H and O–H groups in total. The van der Waals surface area contributed by atoms with Crippen LogP contribution in [0.25, 0.3) is 22.3 Å². The van der Waals surface area contributed by atoms with Crippen LogP contribution >= 0.6 is 0 Å². The van der Waals surface area contributed by atoms with Crippen molar-refractivity contribution in [1.82, 2.24) is 29.3 Å². The van der Waals surface area contributed by atoms with E-state index in [-0.39, 0.29) is 29.6 Å². The van der Waals surface area contributed by atoms with Gasteiger partial charge in [-0.15, -0.1) is 0 Å². The number of hydrogen-bond donors (Lipinski definition) is 1. The average Bonchev–Trinajstić information content (AvgIpc) is 3.77. The maximum absolute atomic E-state index is 14.9. The van der Waals surface area contributed by atoms with E-state index < -0.39 is 16.6 Å². The Morgan fingerprint density at radius 3 is 2.43 bits per heavy atom. The number of carbonyl (C=O) groups is 2. The molecule has 0 radical (unpaired) electrons. The van der Waals surface area contributed by atoms with Gasteiger partial charge in [0.25, 0.3) is 0 Å². The van der Waals surface area contributed by atoms with Gasteiger partial charge in [0, 0.05) is 61.8 Å². The first kappa shape index (κ1) is 34.4. The number of carbonyl (C=O) groups excluding carboxylic acids is 2. The number of anilines is 3. The standard InChI is InChI=1S/C41H49FN8O3/c1-24(2)49-23-44-34-17-33(46-37(36(34)49)45-32-8-11-43-18-31(32)42)27-6-7-30-35(14-27)50(29-15-28(16-29)48-19-25(3)26(4)20-48)39(52)41(30)9-12-47(13-10-41)38(51)40(5)21-53-22-40/h6-8,11,14,17-18,23-26,28-29H,9-10,12-13,15-16,19-22H2,1-5H3,(H,43,45,46)/t25-,26+,28?,29?. The fourth-order valence-corrected chi connectivity index (χ4v) is 9.43. The zero-order valence-corrected chi connectivity index (χ0v) is 31.3. The highest BCUT2D eigenvalue weighted by molar-refractivity contribution is 6.09. The van der Waals surface area contributed by atoms with Crippen molar-refractivity contribution in [3.63, 3.8) is 0 Å². The number of amides is 2. The summed E-state index contributed by atoms with van der Waals surface area (Å²) in [7, 11) is 0. The van der Waals surface area contributed by atoms with Crippen LogP contribution in [-0.4, -0.2) is 92.6 Å². The highest BCUT2D eigenvalue weighted by atomic mass is 19.1. The lowest BCUT2D eigenvalue weighted by molar-refractivity contribution is -0.170. The first-order valence-corrected chi connectivity index (χ1v) is 19.3. The van der Waals surface area contributed by atoms with E-state index in [9.17, 15) is 14.0 Å². The smallest absolute Gasteiger partial charge is 0.238 e. The molecule has 4 fully saturated rings. The first-order chi connectivity index (χ1) is 25.5. The van der Waals surface area contributed by atoms with Crippen LogP contribution in [0.5, 0.6) is 0 Å². The maximum Gasteiger partial charge on any atom is 0.238 e. The Morgan fingerprint density at radius 1 is 1.04 bits per heavy atom. The SMILES string of the molecule is CC(C)n1cnc2cc(-c3ccc4c(c3)N(C3CC(N5C[C@@H](C)[C@@H](C)C5)C3)C(=O)C43CCN(C(=O)C4(C)COC4)CC3)nc(Nc3ccncc3F)c21. The molecule has 9 rings (SSSR count).